The predicted octanol–water partition coefficient (Wildman–Crippen LogP) is 4.29. The molecule has 0 aliphatic heterocycles. The Kier molecular flexibility index (Phi) is 5.53. The Bertz CT molecular complexity index is 47.4. The van der Waals surface area contributed by atoms with E-state index in [0.717, 1.165) is 0 Å². The highest BCUT2D eigenvalue weighted by Crippen LogP contribution is 2.15. The Hall–Kier alpha value is 0. The van der Waals surface area contributed by atoms with E-state index >= 15 is 0 Å². The van der Waals surface area contributed by atoms with Gasteiger partial charge in [0, 0.05) is 0 Å². The maximum atomic E-state index is 1.50. The summed E-state index contributed by atoms with van der Waals surface area (Å²) in [6, 6.07) is 0. The molecule has 2 aliphatic rings. The van der Waals surface area contributed by atoms with Gasteiger partial charge in [0.1, 0.15) is 0 Å². The fraction of sp³-hybridized carbons (Fsp3) is 1.00. The minimum absolute atomic E-state index is 1.50. The van der Waals surface area contributed by atoms with Crippen molar-refractivity contribution in [3.05, 3.63) is 0 Å². The van der Waals surface area contributed by atoms with Crippen molar-refractivity contribution < 1.29 is 0 Å². The molecule has 0 aromatic heterocycles. The Balaban J connectivity index is 0.000000167. The van der Waals surface area contributed by atoms with Crippen LogP contribution < -0.4 is 0 Å². The molecule has 0 bridgehead atoms. The van der Waals surface area contributed by atoms with E-state index in [9.17, 15) is 0 Å². The van der Waals surface area contributed by atoms with E-state index < -0.39 is 0 Å². The van der Waals surface area contributed by atoms with Gasteiger partial charge in [-0.15, -0.1) is 0 Å². The van der Waals surface area contributed by atoms with Gasteiger partial charge >= 0.3 is 0 Å². The summed E-state index contributed by atoms with van der Waals surface area (Å²) in [7, 11) is 0. The molecule has 0 amide bonds. The molecule has 0 aromatic rings. The zero-order chi connectivity index (χ0) is 7.78. The normalized spacial score (nSPS) is 24.0. The monoisotopic (exact) mass is 154 g/mol. The zero-order valence-corrected chi connectivity index (χ0v) is 7.78. The first-order valence-corrected chi connectivity index (χ1v) is 5.50. The maximum Gasteiger partial charge on any atom is -0.0533 e. The Morgan fingerprint density at radius 3 is 0.364 bits per heavy atom. The number of rotatable bonds is 0. The van der Waals surface area contributed by atoms with Crippen LogP contribution in [0.5, 0.6) is 0 Å². The molecule has 0 unspecified atom stereocenters. The maximum absolute atomic E-state index is 1.50. The van der Waals surface area contributed by atoms with E-state index in [2.05, 4.69) is 0 Å². The average Bonchev–Trinajstić information content (AvgIpc) is 2.67. The minimum atomic E-state index is 1.50. The molecule has 66 valence electrons. The molecule has 2 rings (SSSR count). The quantitative estimate of drug-likeness (QED) is 0.488. The van der Waals surface area contributed by atoms with Gasteiger partial charge in [-0.3, -0.25) is 0 Å². The molecular weight excluding hydrogens is 132 g/mol. The number of hydrogen-bond donors (Lipinski definition) is 0. The molecule has 0 aromatic carbocycles. The average molecular weight is 154 g/mol. The van der Waals surface area contributed by atoms with Crippen LogP contribution in [0, 0.1) is 0 Å². The van der Waals surface area contributed by atoms with Crippen LogP contribution in [-0.2, 0) is 0 Å². The van der Waals surface area contributed by atoms with E-state index in [1.165, 1.54) is 70.6 Å². The Morgan fingerprint density at radius 1 is 0.182 bits per heavy atom. The summed E-state index contributed by atoms with van der Waals surface area (Å²) in [5.41, 5.74) is 0. The van der Waals surface area contributed by atoms with Crippen LogP contribution in [0.1, 0.15) is 70.6 Å². The first-order chi connectivity index (χ1) is 5.50. The first-order valence-electron chi connectivity index (χ1n) is 5.50. The Morgan fingerprint density at radius 2 is 0.273 bits per heavy atom. The second kappa shape index (κ2) is 6.69. The summed E-state index contributed by atoms with van der Waals surface area (Å²) in [5, 5.41) is 0. The van der Waals surface area contributed by atoms with Crippen molar-refractivity contribution >= 4 is 0 Å². The smallest absolute Gasteiger partial charge is 0.0533 e. The molecular formula is C11H22. The third-order valence-electron chi connectivity index (χ3n) is 2.35. The molecule has 0 atom stereocenters. The zero-order valence-electron chi connectivity index (χ0n) is 7.78. The van der Waals surface area contributed by atoms with Crippen LogP contribution in [0.3, 0.4) is 0 Å². The second-order valence-corrected chi connectivity index (χ2v) is 3.89. The first kappa shape index (κ1) is 9.09. The van der Waals surface area contributed by atoms with Crippen molar-refractivity contribution in [2.75, 3.05) is 0 Å². The highest BCUT2D eigenvalue weighted by molar-refractivity contribution is 4.51. The summed E-state index contributed by atoms with van der Waals surface area (Å²) in [6.45, 7) is 0. The summed E-state index contributed by atoms with van der Waals surface area (Å²) in [5.74, 6) is 0. The molecule has 0 radical (unpaired) electrons. The molecule has 2 aliphatic carbocycles. The van der Waals surface area contributed by atoms with Gasteiger partial charge in [0.25, 0.3) is 0 Å². The van der Waals surface area contributed by atoms with Gasteiger partial charge in [0.2, 0.25) is 0 Å². The van der Waals surface area contributed by atoms with Gasteiger partial charge in [0.15, 0.2) is 0 Å². The van der Waals surface area contributed by atoms with Crippen molar-refractivity contribution in [1.82, 2.24) is 0 Å². The lowest BCUT2D eigenvalue weighted by Gasteiger charge is -2.05. The second-order valence-electron chi connectivity index (χ2n) is 3.89. The van der Waals surface area contributed by atoms with Crippen LogP contribution >= 0.6 is 0 Å². The van der Waals surface area contributed by atoms with Gasteiger partial charge in [-0.05, 0) is 0 Å². The van der Waals surface area contributed by atoms with Crippen molar-refractivity contribution in [3.63, 3.8) is 0 Å². The van der Waals surface area contributed by atoms with Crippen LogP contribution in [0.4, 0.5) is 0 Å². The molecule has 2 fully saturated rings. The highest BCUT2D eigenvalue weighted by atomic mass is 14.0. The van der Waals surface area contributed by atoms with Gasteiger partial charge in [-0.25, -0.2) is 0 Å². The van der Waals surface area contributed by atoms with E-state index in [-0.39, 0.29) is 0 Å². The molecule has 0 nitrogen and oxygen atoms in total. The van der Waals surface area contributed by atoms with Crippen molar-refractivity contribution in [1.29, 1.82) is 0 Å². The molecule has 11 heavy (non-hydrogen) atoms. The molecule has 0 heterocycles. The molecule has 2 saturated carbocycles. The molecule has 0 spiro atoms. The van der Waals surface area contributed by atoms with E-state index in [4.69, 9.17) is 0 Å². The Labute approximate surface area is 71.4 Å². The lowest BCUT2D eigenvalue weighted by atomic mass is 10.0. The third-order valence-corrected chi connectivity index (χ3v) is 2.35. The van der Waals surface area contributed by atoms with Crippen LogP contribution in [0.25, 0.3) is 0 Å². The summed E-state index contributed by atoms with van der Waals surface area (Å²) in [6.07, 6.45) is 16.5. The van der Waals surface area contributed by atoms with Gasteiger partial charge in [0.05, 0.1) is 0 Å². The largest absolute Gasteiger partial charge is 0.0533 e. The van der Waals surface area contributed by atoms with Crippen LogP contribution in [0.15, 0.2) is 0 Å². The summed E-state index contributed by atoms with van der Waals surface area (Å²) in [4.78, 5) is 0. The van der Waals surface area contributed by atoms with Crippen LogP contribution in [-0.4, -0.2) is 0 Å². The van der Waals surface area contributed by atoms with Crippen molar-refractivity contribution in [2.24, 2.45) is 0 Å². The SMILES string of the molecule is C1CC1.C1CCCCCCC1. The topological polar surface area (TPSA) is 0 Å². The third kappa shape index (κ3) is 7.90. The number of hydrogen-bond acceptors (Lipinski definition) is 0. The fourth-order valence-electron chi connectivity index (χ4n) is 1.41. The van der Waals surface area contributed by atoms with Gasteiger partial charge in [-0.2, -0.15) is 0 Å². The standard InChI is InChI=1S/C8H16.C3H6/c1-2-4-6-8-7-5-3-1;1-2-3-1/h1-8H2;1-3H2. The molecule has 0 N–H and O–H groups in total. The lowest BCUT2D eigenvalue weighted by molar-refractivity contribution is 0.504. The van der Waals surface area contributed by atoms with E-state index in [1.54, 1.807) is 0 Å². The summed E-state index contributed by atoms with van der Waals surface area (Å²) < 4.78 is 0. The van der Waals surface area contributed by atoms with Crippen LogP contribution in [0.2, 0.25) is 0 Å². The van der Waals surface area contributed by atoms with Crippen molar-refractivity contribution in [2.45, 2.75) is 70.6 Å². The fourth-order valence-corrected chi connectivity index (χ4v) is 1.41. The summed E-state index contributed by atoms with van der Waals surface area (Å²) >= 11 is 0. The van der Waals surface area contributed by atoms with Crippen molar-refractivity contribution in [3.8, 4) is 0 Å². The van der Waals surface area contributed by atoms with E-state index in [0.29, 0.717) is 0 Å². The molecule has 0 heteroatoms. The van der Waals surface area contributed by atoms with Gasteiger partial charge in [-0.1, -0.05) is 70.6 Å². The molecule has 0 saturated heterocycles. The predicted molar refractivity (Wildman–Crippen MR) is 50.8 cm³/mol. The highest BCUT2D eigenvalue weighted by Gasteiger charge is 1.95. The van der Waals surface area contributed by atoms with E-state index in [1.807, 2.05) is 0 Å². The van der Waals surface area contributed by atoms with Gasteiger partial charge < -0.3 is 0 Å². The minimum Gasteiger partial charge on any atom is -0.0533 e. The lowest BCUT2D eigenvalue weighted by Crippen LogP contribution is -1.85.